The van der Waals surface area contributed by atoms with E-state index in [0.29, 0.717) is 12.4 Å². The lowest BCUT2D eigenvalue weighted by atomic mass is 10.2. The highest BCUT2D eigenvalue weighted by molar-refractivity contribution is 6.29. The maximum atomic E-state index is 12.2. The lowest BCUT2D eigenvalue weighted by Crippen LogP contribution is -2.26. The Morgan fingerprint density at radius 3 is 2.65 bits per heavy atom. The van der Waals surface area contributed by atoms with Gasteiger partial charge in [-0.1, -0.05) is 25.4 Å². The molecule has 0 aliphatic heterocycles. The molecule has 2 aromatic heterocycles. The van der Waals surface area contributed by atoms with Gasteiger partial charge in [-0.2, -0.15) is 5.10 Å². The maximum Gasteiger partial charge on any atom is 0.255 e. The van der Waals surface area contributed by atoms with E-state index >= 15 is 0 Å². The van der Waals surface area contributed by atoms with Crippen molar-refractivity contribution in [1.82, 2.24) is 19.3 Å². The van der Waals surface area contributed by atoms with Crippen molar-refractivity contribution in [3.05, 3.63) is 44.9 Å². The SMILES string of the molecule is CCn1nc(C)cc1Cn1c(C(C)C)nc(Cl)cc1=O. The van der Waals surface area contributed by atoms with Crippen molar-refractivity contribution in [1.29, 1.82) is 0 Å². The second-order valence-electron chi connectivity index (χ2n) is 5.11. The van der Waals surface area contributed by atoms with Gasteiger partial charge in [-0.25, -0.2) is 4.98 Å². The van der Waals surface area contributed by atoms with Crippen LogP contribution in [0.25, 0.3) is 0 Å². The first-order valence-electron chi connectivity index (χ1n) is 6.73. The summed E-state index contributed by atoms with van der Waals surface area (Å²) >= 11 is 5.89. The monoisotopic (exact) mass is 294 g/mol. The highest BCUT2D eigenvalue weighted by Gasteiger charge is 2.14. The van der Waals surface area contributed by atoms with Crippen LogP contribution in [0, 0.1) is 6.92 Å². The zero-order valence-corrected chi connectivity index (χ0v) is 13.0. The molecule has 2 rings (SSSR count). The fraction of sp³-hybridized carbons (Fsp3) is 0.500. The number of halogens is 1. The van der Waals surface area contributed by atoms with E-state index in [1.54, 1.807) is 4.57 Å². The largest absolute Gasteiger partial charge is 0.290 e. The molecule has 2 aromatic rings. The van der Waals surface area contributed by atoms with E-state index in [1.165, 1.54) is 6.07 Å². The average molecular weight is 295 g/mol. The number of hydrogen-bond donors (Lipinski definition) is 0. The van der Waals surface area contributed by atoms with Gasteiger partial charge in [0.15, 0.2) is 0 Å². The molecule has 0 saturated carbocycles. The third-order valence-corrected chi connectivity index (χ3v) is 3.32. The van der Waals surface area contributed by atoms with E-state index in [1.807, 2.05) is 38.4 Å². The predicted molar refractivity (Wildman–Crippen MR) is 79.3 cm³/mol. The van der Waals surface area contributed by atoms with Crippen molar-refractivity contribution < 1.29 is 0 Å². The van der Waals surface area contributed by atoms with Crippen LogP contribution in [0.3, 0.4) is 0 Å². The average Bonchev–Trinajstić information content (AvgIpc) is 2.72. The molecule has 108 valence electrons. The molecule has 20 heavy (non-hydrogen) atoms. The molecule has 6 heteroatoms. The van der Waals surface area contributed by atoms with Crippen LogP contribution in [0.4, 0.5) is 0 Å². The van der Waals surface area contributed by atoms with Crippen molar-refractivity contribution in [2.75, 3.05) is 0 Å². The Kier molecular flexibility index (Phi) is 4.28. The molecule has 0 radical (unpaired) electrons. The van der Waals surface area contributed by atoms with Gasteiger partial charge in [-0.3, -0.25) is 14.0 Å². The van der Waals surface area contributed by atoms with Crippen molar-refractivity contribution in [2.45, 2.75) is 46.7 Å². The van der Waals surface area contributed by atoms with Gasteiger partial charge in [0.2, 0.25) is 0 Å². The predicted octanol–water partition coefficient (Wildman–Crippen LogP) is 2.59. The molecule has 0 amide bonds. The highest BCUT2D eigenvalue weighted by Crippen LogP contribution is 2.15. The Morgan fingerprint density at radius 1 is 1.35 bits per heavy atom. The number of nitrogens with zero attached hydrogens (tertiary/aromatic N) is 4. The first-order chi connectivity index (χ1) is 9.42. The van der Waals surface area contributed by atoms with Crippen LogP contribution in [-0.2, 0) is 13.1 Å². The van der Waals surface area contributed by atoms with Crippen molar-refractivity contribution >= 4 is 11.6 Å². The quantitative estimate of drug-likeness (QED) is 0.815. The van der Waals surface area contributed by atoms with Gasteiger partial charge < -0.3 is 0 Å². The molecule has 0 fully saturated rings. The summed E-state index contributed by atoms with van der Waals surface area (Å²) in [6.07, 6.45) is 0. The second kappa shape index (κ2) is 5.79. The van der Waals surface area contributed by atoms with E-state index in [-0.39, 0.29) is 16.6 Å². The summed E-state index contributed by atoms with van der Waals surface area (Å²) in [5.41, 5.74) is 1.82. The minimum Gasteiger partial charge on any atom is -0.290 e. The van der Waals surface area contributed by atoms with E-state index < -0.39 is 0 Å². The lowest BCUT2D eigenvalue weighted by Gasteiger charge is -2.15. The number of rotatable bonds is 4. The van der Waals surface area contributed by atoms with Crippen LogP contribution in [0.1, 0.15) is 43.9 Å². The summed E-state index contributed by atoms with van der Waals surface area (Å²) in [4.78, 5) is 16.5. The molecule has 2 heterocycles. The molecule has 5 nitrogen and oxygen atoms in total. The molecular weight excluding hydrogens is 276 g/mol. The summed E-state index contributed by atoms with van der Waals surface area (Å²) in [6.45, 7) is 9.21. The summed E-state index contributed by atoms with van der Waals surface area (Å²) < 4.78 is 3.57. The molecule has 0 aliphatic carbocycles. The third-order valence-electron chi connectivity index (χ3n) is 3.13. The Bertz CT molecular complexity index is 672. The van der Waals surface area contributed by atoms with Crippen molar-refractivity contribution in [3.8, 4) is 0 Å². The number of hydrogen-bond acceptors (Lipinski definition) is 3. The van der Waals surface area contributed by atoms with Crippen LogP contribution in [-0.4, -0.2) is 19.3 Å². The minimum atomic E-state index is -0.129. The fourth-order valence-corrected chi connectivity index (χ4v) is 2.44. The second-order valence-corrected chi connectivity index (χ2v) is 5.50. The number of aryl methyl sites for hydroxylation is 2. The van der Waals surface area contributed by atoms with E-state index in [9.17, 15) is 4.79 Å². The highest BCUT2D eigenvalue weighted by atomic mass is 35.5. The Balaban J connectivity index is 2.50. The molecule has 0 aliphatic rings. The van der Waals surface area contributed by atoms with E-state index in [4.69, 9.17) is 11.6 Å². The Hall–Kier alpha value is -1.62. The van der Waals surface area contributed by atoms with Crippen molar-refractivity contribution in [2.24, 2.45) is 0 Å². The van der Waals surface area contributed by atoms with Gasteiger partial charge in [0.05, 0.1) is 17.9 Å². The fourth-order valence-electron chi connectivity index (χ4n) is 2.26. The van der Waals surface area contributed by atoms with Gasteiger partial charge >= 0.3 is 0 Å². The van der Waals surface area contributed by atoms with Gasteiger partial charge in [-0.15, -0.1) is 0 Å². The zero-order valence-electron chi connectivity index (χ0n) is 12.2. The van der Waals surface area contributed by atoms with Crippen LogP contribution in [0.5, 0.6) is 0 Å². The van der Waals surface area contributed by atoms with E-state index in [0.717, 1.165) is 17.9 Å². The topological polar surface area (TPSA) is 52.7 Å². The molecule has 0 aromatic carbocycles. The maximum absolute atomic E-state index is 12.2. The van der Waals surface area contributed by atoms with Crippen LogP contribution in [0.15, 0.2) is 16.9 Å². The summed E-state index contributed by atoms with van der Waals surface area (Å²) in [5, 5.41) is 4.65. The molecule has 0 saturated heterocycles. The number of aromatic nitrogens is 4. The van der Waals surface area contributed by atoms with Crippen LogP contribution in [0.2, 0.25) is 5.15 Å². The summed E-state index contributed by atoms with van der Waals surface area (Å²) in [6, 6.07) is 3.35. The van der Waals surface area contributed by atoms with Gasteiger partial charge in [0.25, 0.3) is 5.56 Å². The molecule has 0 N–H and O–H groups in total. The smallest absolute Gasteiger partial charge is 0.255 e. The lowest BCUT2D eigenvalue weighted by molar-refractivity contribution is 0.562. The summed E-state index contributed by atoms with van der Waals surface area (Å²) in [5.74, 6) is 0.824. The standard InChI is InChI=1S/C14H19ClN4O/c1-5-19-11(6-10(4)17-19)8-18-13(20)7-12(15)16-14(18)9(2)3/h6-7,9H,5,8H2,1-4H3. The van der Waals surface area contributed by atoms with Crippen LogP contribution < -0.4 is 5.56 Å². The molecular formula is C14H19ClN4O. The molecule has 0 atom stereocenters. The molecule has 0 unspecified atom stereocenters. The Morgan fingerprint density at radius 2 is 2.05 bits per heavy atom. The Labute approximate surface area is 123 Å². The van der Waals surface area contributed by atoms with Crippen molar-refractivity contribution in [3.63, 3.8) is 0 Å². The summed E-state index contributed by atoms with van der Waals surface area (Å²) in [7, 11) is 0. The first kappa shape index (κ1) is 14.8. The van der Waals surface area contributed by atoms with E-state index in [2.05, 4.69) is 10.1 Å². The normalized spacial score (nSPS) is 11.3. The third kappa shape index (κ3) is 2.93. The molecule has 0 bridgehead atoms. The van der Waals surface area contributed by atoms with Gasteiger partial charge in [0, 0.05) is 18.5 Å². The van der Waals surface area contributed by atoms with Gasteiger partial charge in [-0.05, 0) is 19.9 Å². The molecule has 0 spiro atoms. The van der Waals surface area contributed by atoms with Gasteiger partial charge in [0.1, 0.15) is 11.0 Å². The zero-order chi connectivity index (χ0) is 14.9. The minimum absolute atomic E-state index is 0.125. The first-order valence-corrected chi connectivity index (χ1v) is 7.10. The van der Waals surface area contributed by atoms with Crippen LogP contribution >= 0.6 is 11.6 Å².